The first-order chi connectivity index (χ1) is 15.3. The van der Waals surface area contributed by atoms with E-state index in [0.29, 0.717) is 25.3 Å². The molecule has 0 N–H and O–H groups in total. The lowest BCUT2D eigenvalue weighted by Crippen LogP contribution is -2.42. The van der Waals surface area contributed by atoms with Crippen LogP contribution in [-0.2, 0) is 25.9 Å². The van der Waals surface area contributed by atoms with E-state index in [-0.39, 0.29) is 23.5 Å². The van der Waals surface area contributed by atoms with Gasteiger partial charge < -0.3 is 14.5 Å². The molecule has 2 aliphatic heterocycles. The fourth-order valence-electron chi connectivity index (χ4n) is 4.00. The maximum atomic E-state index is 13.8. The fraction of sp³-hybridized carbons (Fsp3) is 0.375. The van der Waals surface area contributed by atoms with Crippen molar-refractivity contribution in [3.8, 4) is 0 Å². The Labute approximate surface area is 194 Å². The molecule has 2 heterocycles. The molecule has 8 heteroatoms. The van der Waals surface area contributed by atoms with Gasteiger partial charge in [-0.2, -0.15) is 0 Å². The number of carbonyl (C=O) groups excluding carboxylic acids is 1. The number of thioether (sulfide) groups is 1. The standard InChI is InChI=1S/C24H28N2O4S2/c1-25(2)20-10-8-18(9-11-20)16-26(21-12-15-32(28,29)17-21)24(27)22-23(31-14-13-30-22)19-6-4-3-5-7-19/h3-11,21H,12-17H2,1-2H3/t21-/m1/s1. The highest BCUT2D eigenvalue weighted by Gasteiger charge is 2.37. The minimum atomic E-state index is -3.14. The third kappa shape index (κ3) is 5.13. The van der Waals surface area contributed by atoms with E-state index in [9.17, 15) is 13.2 Å². The SMILES string of the molecule is CN(C)c1ccc(CN(C(=O)C2=C(c3ccccc3)SCCO2)[C@@H]2CCS(=O)(=O)C2)cc1. The molecule has 0 bridgehead atoms. The molecule has 4 rings (SSSR count). The second-order valence-corrected chi connectivity index (χ2v) is 11.6. The topological polar surface area (TPSA) is 66.9 Å². The summed E-state index contributed by atoms with van der Waals surface area (Å²) in [5, 5.41) is 0. The Bertz CT molecular complexity index is 1100. The number of rotatable bonds is 6. The summed E-state index contributed by atoms with van der Waals surface area (Å²) in [6.07, 6.45) is 0.449. The molecule has 0 radical (unpaired) electrons. The van der Waals surface area contributed by atoms with E-state index in [2.05, 4.69) is 0 Å². The molecule has 1 amide bonds. The lowest BCUT2D eigenvalue weighted by Gasteiger charge is -2.31. The summed E-state index contributed by atoms with van der Waals surface area (Å²) in [5.74, 6) is 0.957. The van der Waals surface area contributed by atoms with Crippen LogP contribution in [0.4, 0.5) is 5.69 Å². The zero-order valence-electron chi connectivity index (χ0n) is 18.4. The number of ether oxygens (including phenoxy) is 1. The van der Waals surface area contributed by atoms with Crippen molar-refractivity contribution < 1.29 is 17.9 Å². The summed E-state index contributed by atoms with van der Waals surface area (Å²) in [7, 11) is 0.809. The highest BCUT2D eigenvalue weighted by molar-refractivity contribution is 8.08. The van der Waals surface area contributed by atoms with Crippen LogP contribution in [0.25, 0.3) is 4.91 Å². The highest BCUT2D eigenvalue weighted by atomic mass is 32.2. The first-order valence-electron chi connectivity index (χ1n) is 10.7. The van der Waals surface area contributed by atoms with Crippen LogP contribution >= 0.6 is 11.8 Å². The van der Waals surface area contributed by atoms with Crippen LogP contribution in [0.5, 0.6) is 0 Å². The van der Waals surface area contributed by atoms with Gasteiger partial charge in [0, 0.05) is 38.1 Å². The third-order valence-corrected chi connectivity index (χ3v) is 8.56. The normalized spacial score (nSPS) is 20.0. The van der Waals surface area contributed by atoms with E-state index < -0.39 is 9.84 Å². The molecule has 0 unspecified atom stereocenters. The zero-order valence-corrected chi connectivity index (χ0v) is 20.0. The predicted octanol–water partition coefficient (Wildman–Crippen LogP) is 3.40. The van der Waals surface area contributed by atoms with Crippen molar-refractivity contribution in [2.45, 2.75) is 19.0 Å². The lowest BCUT2D eigenvalue weighted by atomic mass is 10.1. The van der Waals surface area contributed by atoms with E-state index in [1.807, 2.05) is 73.6 Å². The van der Waals surface area contributed by atoms with Crippen LogP contribution in [0, 0.1) is 0 Å². The minimum absolute atomic E-state index is 0.00435. The van der Waals surface area contributed by atoms with Crippen molar-refractivity contribution in [1.29, 1.82) is 0 Å². The van der Waals surface area contributed by atoms with Gasteiger partial charge in [-0.1, -0.05) is 42.5 Å². The molecule has 6 nitrogen and oxygen atoms in total. The molecule has 0 spiro atoms. The summed E-state index contributed by atoms with van der Waals surface area (Å²) in [4.78, 5) is 18.3. The van der Waals surface area contributed by atoms with Crippen molar-refractivity contribution in [3.63, 3.8) is 0 Å². The zero-order chi connectivity index (χ0) is 22.7. The number of hydrogen-bond donors (Lipinski definition) is 0. The first-order valence-corrected chi connectivity index (χ1v) is 13.5. The van der Waals surface area contributed by atoms with Gasteiger partial charge in [0.2, 0.25) is 0 Å². The van der Waals surface area contributed by atoms with Crippen LogP contribution in [0.1, 0.15) is 17.5 Å². The summed E-state index contributed by atoms with van der Waals surface area (Å²) >= 11 is 1.61. The average Bonchev–Trinajstić information content (AvgIpc) is 3.17. The highest BCUT2D eigenvalue weighted by Crippen LogP contribution is 2.36. The number of carbonyl (C=O) groups is 1. The number of sulfone groups is 1. The number of benzene rings is 2. The first kappa shape index (κ1) is 22.7. The Morgan fingerprint density at radius 2 is 1.81 bits per heavy atom. The van der Waals surface area contributed by atoms with Crippen molar-refractivity contribution >= 4 is 38.1 Å². The molecular formula is C24H28N2O4S2. The van der Waals surface area contributed by atoms with Gasteiger partial charge in [0.05, 0.1) is 23.0 Å². The van der Waals surface area contributed by atoms with Gasteiger partial charge in [0.1, 0.15) is 0 Å². The summed E-state index contributed by atoms with van der Waals surface area (Å²) in [6.45, 7) is 0.794. The Kier molecular flexibility index (Phi) is 6.81. The molecule has 0 aromatic heterocycles. The van der Waals surface area contributed by atoms with Gasteiger partial charge in [-0.05, 0) is 29.7 Å². The smallest absolute Gasteiger partial charge is 0.290 e. The van der Waals surface area contributed by atoms with E-state index in [1.165, 1.54) is 0 Å². The lowest BCUT2D eigenvalue weighted by molar-refractivity contribution is -0.133. The number of amides is 1. The van der Waals surface area contributed by atoms with Gasteiger partial charge in [0.15, 0.2) is 15.6 Å². The molecule has 170 valence electrons. The summed E-state index contributed by atoms with van der Waals surface area (Å²) in [5.41, 5.74) is 2.96. The molecule has 2 aliphatic rings. The number of hydrogen-bond acceptors (Lipinski definition) is 6. The molecule has 1 fully saturated rings. The molecule has 0 saturated carbocycles. The fourth-order valence-corrected chi connectivity index (χ4v) is 6.68. The minimum Gasteiger partial charge on any atom is -0.486 e. The van der Waals surface area contributed by atoms with Gasteiger partial charge in [-0.25, -0.2) is 8.42 Å². The van der Waals surface area contributed by atoms with Gasteiger partial charge >= 0.3 is 0 Å². The Balaban J connectivity index is 1.68. The van der Waals surface area contributed by atoms with Gasteiger partial charge in [0.25, 0.3) is 5.91 Å². The second kappa shape index (κ2) is 9.58. The predicted molar refractivity (Wildman–Crippen MR) is 130 cm³/mol. The number of nitrogens with zero attached hydrogens (tertiary/aromatic N) is 2. The van der Waals surface area contributed by atoms with Crippen LogP contribution < -0.4 is 4.90 Å². The van der Waals surface area contributed by atoms with Crippen molar-refractivity contribution in [3.05, 3.63) is 71.5 Å². The maximum Gasteiger partial charge on any atom is 0.290 e. The summed E-state index contributed by atoms with van der Waals surface area (Å²) in [6, 6.07) is 17.4. The van der Waals surface area contributed by atoms with E-state index in [4.69, 9.17) is 4.74 Å². The largest absolute Gasteiger partial charge is 0.486 e. The molecule has 2 aromatic carbocycles. The second-order valence-electron chi connectivity index (χ2n) is 8.27. The van der Waals surface area contributed by atoms with Crippen LogP contribution in [0.2, 0.25) is 0 Å². The summed E-state index contributed by atoms with van der Waals surface area (Å²) < 4.78 is 30.3. The molecule has 1 atom stereocenters. The Morgan fingerprint density at radius 1 is 1.09 bits per heavy atom. The van der Waals surface area contributed by atoms with Crippen LogP contribution in [0.3, 0.4) is 0 Å². The van der Waals surface area contributed by atoms with Gasteiger partial charge in [-0.15, -0.1) is 11.8 Å². The van der Waals surface area contributed by atoms with E-state index >= 15 is 0 Å². The van der Waals surface area contributed by atoms with E-state index in [0.717, 1.165) is 27.5 Å². The van der Waals surface area contributed by atoms with Crippen molar-refractivity contribution in [2.75, 3.05) is 42.9 Å². The van der Waals surface area contributed by atoms with E-state index in [1.54, 1.807) is 16.7 Å². The molecule has 2 aromatic rings. The Morgan fingerprint density at radius 3 is 2.44 bits per heavy atom. The molecular weight excluding hydrogens is 444 g/mol. The monoisotopic (exact) mass is 472 g/mol. The molecule has 1 saturated heterocycles. The quantitative estimate of drug-likeness (QED) is 0.642. The third-order valence-electron chi connectivity index (χ3n) is 5.73. The number of anilines is 1. The maximum absolute atomic E-state index is 13.8. The molecule has 0 aliphatic carbocycles. The van der Waals surface area contributed by atoms with Crippen LogP contribution in [-0.4, -0.2) is 63.2 Å². The molecule has 32 heavy (non-hydrogen) atoms. The van der Waals surface area contributed by atoms with Crippen molar-refractivity contribution in [2.24, 2.45) is 0 Å². The van der Waals surface area contributed by atoms with Gasteiger partial charge in [-0.3, -0.25) is 4.79 Å². The Hall–Kier alpha value is -2.45. The van der Waals surface area contributed by atoms with Crippen molar-refractivity contribution in [1.82, 2.24) is 4.90 Å². The average molecular weight is 473 g/mol. The van der Waals surface area contributed by atoms with Crippen LogP contribution in [0.15, 0.2) is 60.4 Å².